The van der Waals surface area contributed by atoms with E-state index in [0.717, 1.165) is 6.42 Å². The van der Waals surface area contributed by atoms with Gasteiger partial charge in [-0.3, -0.25) is 15.1 Å². The second kappa shape index (κ2) is 7.51. The van der Waals surface area contributed by atoms with E-state index in [1.165, 1.54) is 6.07 Å². The number of hydrogen-bond donors (Lipinski definition) is 2. The van der Waals surface area contributed by atoms with E-state index in [0.29, 0.717) is 23.7 Å². The fourth-order valence-electron chi connectivity index (χ4n) is 2.53. The smallest absolute Gasteiger partial charge is 0.311 e. The van der Waals surface area contributed by atoms with E-state index in [2.05, 4.69) is 15.3 Å². The first kappa shape index (κ1) is 17.2. The molecule has 1 aromatic carbocycles. The van der Waals surface area contributed by atoms with Crippen molar-refractivity contribution >= 4 is 28.7 Å². The first-order valence-corrected chi connectivity index (χ1v) is 8.12. The highest BCUT2D eigenvalue weighted by atomic mass is 16.6. The number of aromatic nitrogens is 3. The molecular formula is C17H19N7O2. The van der Waals surface area contributed by atoms with Gasteiger partial charge in [-0.15, -0.1) is 0 Å². The summed E-state index contributed by atoms with van der Waals surface area (Å²) in [5, 5.41) is 16.3. The number of rotatable bonds is 7. The molecule has 9 heteroatoms. The molecule has 134 valence electrons. The van der Waals surface area contributed by atoms with Crippen molar-refractivity contribution in [3.05, 3.63) is 65.2 Å². The Labute approximate surface area is 150 Å². The van der Waals surface area contributed by atoms with Gasteiger partial charge >= 0.3 is 5.69 Å². The lowest BCUT2D eigenvalue weighted by atomic mass is 10.2. The first-order valence-electron chi connectivity index (χ1n) is 8.12. The fraction of sp³-hybridized carbons (Fsp3) is 0.176. The van der Waals surface area contributed by atoms with Crippen LogP contribution in [0.1, 0.15) is 13.3 Å². The first-order chi connectivity index (χ1) is 12.6. The minimum atomic E-state index is -0.465. The monoisotopic (exact) mass is 353 g/mol. The Morgan fingerprint density at radius 2 is 2.19 bits per heavy atom. The summed E-state index contributed by atoms with van der Waals surface area (Å²) >= 11 is 0. The van der Waals surface area contributed by atoms with Crippen LogP contribution in [0.4, 0.5) is 28.7 Å². The van der Waals surface area contributed by atoms with Crippen molar-refractivity contribution in [2.75, 3.05) is 22.6 Å². The second-order valence-corrected chi connectivity index (χ2v) is 5.61. The molecule has 2 heterocycles. The summed E-state index contributed by atoms with van der Waals surface area (Å²) in [7, 11) is 0. The van der Waals surface area contributed by atoms with E-state index in [1.54, 1.807) is 53.7 Å². The molecule has 3 aromatic rings. The van der Waals surface area contributed by atoms with E-state index < -0.39 is 4.92 Å². The van der Waals surface area contributed by atoms with Crippen molar-refractivity contribution in [3.63, 3.8) is 0 Å². The molecular weight excluding hydrogens is 334 g/mol. The van der Waals surface area contributed by atoms with Gasteiger partial charge < -0.3 is 11.1 Å². The number of anilines is 4. The summed E-state index contributed by atoms with van der Waals surface area (Å²) in [6.07, 6.45) is 5.99. The molecule has 0 unspecified atom stereocenters. The van der Waals surface area contributed by atoms with Crippen LogP contribution < -0.4 is 16.1 Å². The van der Waals surface area contributed by atoms with Gasteiger partial charge in [-0.2, -0.15) is 0 Å². The number of nitro groups is 1. The van der Waals surface area contributed by atoms with Crippen LogP contribution in [0.25, 0.3) is 0 Å². The molecule has 3 rings (SSSR count). The summed E-state index contributed by atoms with van der Waals surface area (Å²) in [5.41, 5.74) is 6.85. The lowest BCUT2D eigenvalue weighted by Crippen LogP contribution is -2.30. The highest BCUT2D eigenvalue weighted by Crippen LogP contribution is 2.29. The largest absolute Gasteiger partial charge is 0.399 e. The normalized spacial score (nSPS) is 10.5. The Morgan fingerprint density at radius 3 is 2.85 bits per heavy atom. The van der Waals surface area contributed by atoms with Gasteiger partial charge in [0, 0.05) is 36.4 Å². The fourth-order valence-corrected chi connectivity index (χ4v) is 2.53. The van der Waals surface area contributed by atoms with E-state index in [4.69, 9.17) is 5.73 Å². The molecule has 0 aliphatic heterocycles. The number of imidazole rings is 1. The van der Waals surface area contributed by atoms with Crippen LogP contribution in [0, 0.1) is 10.1 Å². The predicted octanol–water partition coefficient (Wildman–Crippen LogP) is 3.19. The van der Waals surface area contributed by atoms with Crippen LogP contribution in [0.15, 0.2) is 55.1 Å². The molecule has 9 nitrogen and oxygen atoms in total. The zero-order valence-electron chi connectivity index (χ0n) is 14.2. The summed E-state index contributed by atoms with van der Waals surface area (Å²) in [6, 6.07) is 10.0. The molecule has 0 aliphatic carbocycles. The van der Waals surface area contributed by atoms with Gasteiger partial charge in [-0.05, 0) is 30.7 Å². The Kier molecular flexibility index (Phi) is 4.97. The molecule has 0 saturated heterocycles. The number of nitrogens with zero attached hydrogens (tertiary/aromatic N) is 5. The number of nitrogens with one attached hydrogen (secondary N) is 1. The van der Waals surface area contributed by atoms with Crippen molar-refractivity contribution in [1.82, 2.24) is 14.6 Å². The topological polar surface area (TPSA) is 115 Å². The number of pyridine rings is 1. The minimum Gasteiger partial charge on any atom is -0.399 e. The van der Waals surface area contributed by atoms with E-state index in [9.17, 15) is 10.1 Å². The Morgan fingerprint density at radius 1 is 1.35 bits per heavy atom. The molecule has 0 radical (unpaired) electrons. The molecule has 0 spiro atoms. The van der Waals surface area contributed by atoms with E-state index >= 15 is 0 Å². The van der Waals surface area contributed by atoms with E-state index in [-0.39, 0.29) is 11.5 Å². The van der Waals surface area contributed by atoms with Crippen molar-refractivity contribution in [3.8, 4) is 0 Å². The lowest BCUT2D eigenvalue weighted by Gasteiger charge is -2.24. The molecule has 0 fully saturated rings. The Hall–Kier alpha value is -3.62. The molecule has 0 aliphatic rings. The maximum atomic E-state index is 11.4. The highest BCUT2D eigenvalue weighted by molar-refractivity contribution is 5.69. The average molecular weight is 353 g/mol. The molecule has 0 saturated carbocycles. The zero-order valence-corrected chi connectivity index (χ0v) is 14.2. The molecule has 2 aromatic heterocycles. The number of nitrogen functional groups attached to an aromatic ring is 1. The molecule has 0 bridgehead atoms. The summed E-state index contributed by atoms with van der Waals surface area (Å²) in [6.45, 7) is 2.72. The maximum Gasteiger partial charge on any atom is 0.311 e. The van der Waals surface area contributed by atoms with E-state index in [1.807, 2.05) is 11.9 Å². The van der Waals surface area contributed by atoms with Crippen LogP contribution in [-0.2, 0) is 0 Å². The van der Waals surface area contributed by atoms with Crippen LogP contribution in [0.2, 0.25) is 0 Å². The van der Waals surface area contributed by atoms with Crippen LogP contribution in [0.3, 0.4) is 0 Å². The number of hydrogen-bond acceptors (Lipinski definition) is 7. The predicted molar refractivity (Wildman–Crippen MR) is 100 cm³/mol. The third-order valence-corrected chi connectivity index (χ3v) is 3.67. The Bertz CT molecular complexity index is 896. The van der Waals surface area contributed by atoms with Gasteiger partial charge in [0.1, 0.15) is 12.1 Å². The zero-order chi connectivity index (χ0) is 18.5. The number of benzene rings is 1. The SMILES string of the molecule is CCCN(c1ccc([N+](=O)[O-])c(Nc2cccc(N)c2)n1)n1ccnc1. The summed E-state index contributed by atoms with van der Waals surface area (Å²) < 4.78 is 1.79. The average Bonchev–Trinajstić information content (AvgIpc) is 3.13. The van der Waals surface area contributed by atoms with Crippen LogP contribution in [0.5, 0.6) is 0 Å². The molecule has 26 heavy (non-hydrogen) atoms. The summed E-state index contributed by atoms with van der Waals surface area (Å²) in [5.74, 6) is 0.723. The quantitative estimate of drug-likeness (QED) is 0.381. The van der Waals surface area contributed by atoms with Crippen LogP contribution >= 0.6 is 0 Å². The van der Waals surface area contributed by atoms with Crippen molar-refractivity contribution in [2.24, 2.45) is 0 Å². The van der Waals surface area contributed by atoms with Crippen molar-refractivity contribution in [2.45, 2.75) is 13.3 Å². The van der Waals surface area contributed by atoms with Crippen LogP contribution in [-0.4, -0.2) is 26.1 Å². The van der Waals surface area contributed by atoms with Gasteiger partial charge in [0.05, 0.1) is 4.92 Å². The standard InChI is InChI=1S/C17H19N7O2/c1-2-9-23(22-10-8-19-12-22)16-7-6-15(24(25)26)17(21-16)20-14-5-3-4-13(18)11-14/h3-8,10-12H,2,9,18H2,1H3,(H,20,21). The van der Waals surface area contributed by atoms with Gasteiger partial charge in [0.25, 0.3) is 0 Å². The van der Waals surface area contributed by atoms with Crippen molar-refractivity contribution in [1.29, 1.82) is 0 Å². The van der Waals surface area contributed by atoms with Gasteiger partial charge in [-0.25, -0.2) is 14.6 Å². The third kappa shape index (κ3) is 3.72. The van der Waals surface area contributed by atoms with Crippen molar-refractivity contribution < 1.29 is 4.92 Å². The number of nitrogens with two attached hydrogens (primary N) is 1. The highest BCUT2D eigenvalue weighted by Gasteiger charge is 2.19. The van der Waals surface area contributed by atoms with Gasteiger partial charge in [-0.1, -0.05) is 13.0 Å². The molecule has 0 atom stereocenters. The summed E-state index contributed by atoms with van der Waals surface area (Å²) in [4.78, 5) is 19.5. The Balaban J connectivity index is 2.01. The molecule has 0 amide bonds. The third-order valence-electron chi connectivity index (χ3n) is 3.67. The maximum absolute atomic E-state index is 11.4. The van der Waals surface area contributed by atoms with Gasteiger partial charge in [0.15, 0.2) is 0 Å². The minimum absolute atomic E-state index is 0.113. The second-order valence-electron chi connectivity index (χ2n) is 5.61. The molecule has 3 N–H and O–H groups in total. The van der Waals surface area contributed by atoms with Gasteiger partial charge in [0.2, 0.25) is 5.82 Å². The lowest BCUT2D eigenvalue weighted by molar-refractivity contribution is -0.384.